The minimum absolute atomic E-state index is 0.0851. The predicted octanol–water partition coefficient (Wildman–Crippen LogP) is 4.86. The number of hydrogen-bond acceptors (Lipinski definition) is 7. The van der Waals surface area contributed by atoms with Crippen LogP contribution in [0, 0.1) is 0 Å². The van der Waals surface area contributed by atoms with Gasteiger partial charge in [0.2, 0.25) is 5.91 Å². The molecule has 136 valence electrons. The van der Waals surface area contributed by atoms with Crippen LogP contribution in [-0.4, -0.2) is 21.9 Å². The van der Waals surface area contributed by atoms with Gasteiger partial charge >= 0.3 is 0 Å². The maximum absolute atomic E-state index is 12.5. The number of thiophene rings is 2. The van der Waals surface area contributed by atoms with E-state index in [4.69, 9.17) is 4.42 Å². The van der Waals surface area contributed by atoms with Gasteiger partial charge in [0.15, 0.2) is 0 Å². The molecule has 0 saturated carbocycles. The van der Waals surface area contributed by atoms with Gasteiger partial charge in [-0.2, -0.15) is 0 Å². The third kappa shape index (κ3) is 4.47. The van der Waals surface area contributed by atoms with E-state index < -0.39 is 0 Å². The highest BCUT2D eigenvalue weighted by atomic mass is 32.2. The first-order chi connectivity index (χ1) is 13.3. The van der Waals surface area contributed by atoms with E-state index in [1.807, 2.05) is 65.4 Å². The summed E-state index contributed by atoms with van der Waals surface area (Å²) in [5, 5.41) is 15.5. The zero-order valence-corrected chi connectivity index (χ0v) is 16.5. The molecule has 0 spiro atoms. The molecule has 3 aromatic heterocycles. The molecule has 1 amide bonds. The molecule has 3 heterocycles. The number of carbonyl (C=O) groups is 1. The zero-order valence-electron chi connectivity index (χ0n) is 14.1. The Balaban J connectivity index is 1.40. The van der Waals surface area contributed by atoms with Crippen LogP contribution in [0.1, 0.15) is 16.5 Å². The summed E-state index contributed by atoms with van der Waals surface area (Å²) in [6.07, 6.45) is 0. The second kappa shape index (κ2) is 8.51. The van der Waals surface area contributed by atoms with Crippen molar-refractivity contribution in [2.75, 3.05) is 5.75 Å². The number of benzene rings is 1. The molecule has 1 aromatic carbocycles. The lowest BCUT2D eigenvalue weighted by atomic mass is 10.1. The minimum Gasteiger partial charge on any atom is -0.410 e. The van der Waals surface area contributed by atoms with Crippen molar-refractivity contribution in [3.63, 3.8) is 0 Å². The Morgan fingerprint density at radius 1 is 1.04 bits per heavy atom. The third-order valence-electron chi connectivity index (χ3n) is 3.73. The van der Waals surface area contributed by atoms with Crippen molar-refractivity contribution >= 4 is 40.3 Å². The molecule has 4 aromatic rings. The zero-order chi connectivity index (χ0) is 18.5. The molecule has 0 aliphatic carbocycles. The lowest BCUT2D eigenvalue weighted by Gasteiger charge is -2.17. The van der Waals surface area contributed by atoms with Crippen LogP contribution in [0.4, 0.5) is 0 Å². The topological polar surface area (TPSA) is 68.0 Å². The molecular formula is C19H15N3O2S3. The van der Waals surface area contributed by atoms with Gasteiger partial charge in [-0.1, -0.05) is 54.2 Å². The fourth-order valence-electron chi connectivity index (χ4n) is 2.52. The number of nitrogens with one attached hydrogen (secondary N) is 1. The largest absolute Gasteiger partial charge is 0.410 e. The summed E-state index contributed by atoms with van der Waals surface area (Å²) in [7, 11) is 0. The normalized spacial score (nSPS) is 12.0. The van der Waals surface area contributed by atoms with Gasteiger partial charge in [-0.25, -0.2) is 0 Å². The predicted molar refractivity (Wildman–Crippen MR) is 109 cm³/mol. The van der Waals surface area contributed by atoms with Crippen molar-refractivity contribution in [2.24, 2.45) is 0 Å². The quantitative estimate of drug-likeness (QED) is 0.438. The molecule has 5 nitrogen and oxygen atoms in total. The number of carbonyl (C=O) groups excluding carboxylic acids is 1. The van der Waals surface area contributed by atoms with Crippen molar-refractivity contribution < 1.29 is 9.21 Å². The fourth-order valence-corrected chi connectivity index (χ4v) is 4.54. The van der Waals surface area contributed by atoms with E-state index in [1.165, 1.54) is 23.1 Å². The first-order valence-corrected chi connectivity index (χ1v) is 10.9. The molecular weight excluding hydrogens is 398 g/mol. The highest BCUT2D eigenvalue weighted by molar-refractivity contribution is 7.99. The van der Waals surface area contributed by atoms with Crippen LogP contribution < -0.4 is 5.32 Å². The van der Waals surface area contributed by atoms with Gasteiger partial charge in [-0.3, -0.25) is 4.79 Å². The number of nitrogens with zero attached hydrogens (tertiary/aromatic N) is 2. The molecule has 1 atom stereocenters. The molecule has 1 N–H and O–H groups in total. The van der Waals surface area contributed by atoms with Crippen LogP contribution >= 0.6 is 34.4 Å². The molecule has 8 heteroatoms. The van der Waals surface area contributed by atoms with Crippen LogP contribution in [0.25, 0.3) is 10.8 Å². The average molecular weight is 414 g/mol. The second-order valence-electron chi connectivity index (χ2n) is 5.57. The lowest BCUT2D eigenvalue weighted by molar-refractivity contribution is -0.119. The Bertz CT molecular complexity index is 983. The number of aromatic nitrogens is 2. The Labute approximate surface area is 168 Å². The van der Waals surface area contributed by atoms with E-state index >= 15 is 0 Å². The Hall–Kier alpha value is -2.42. The maximum Gasteiger partial charge on any atom is 0.277 e. The SMILES string of the molecule is O=C(CSc1nnc(-c2cccs2)o1)NC(c1ccccc1)c1cccs1. The van der Waals surface area contributed by atoms with Crippen LogP contribution in [0.2, 0.25) is 0 Å². The van der Waals surface area contributed by atoms with Crippen LogP contribution in [-0.2, 0) is 4.79 Å². The average Bonchev–Trinajstić information content (AvgIpc) is 3.47. The van der Waals surface area contributed by atoms with Gasteiger partial charge in [-0.15, -0.1) is 32.9 Å². The molecule has 0 aliphatic rings. The van der Waals surface area contributed by atoms with Gasteiger partial charge in [0.25, 0.3) is 11.1 Å². The van der Waals surface area contributed by atoms with Gasteiger partial charge in [0.1, 0.15) is 0 Å². The first kappa shape index (κ1) is 18.0. The van der Waals surface area contributed by atoms with Crippen molar-refractivity contribution in [3.05, 3.63) is 75.8 Å². The summed E-state index contributed by atoms with van der Waals surface area (Å²) in [5.74, 6) is 0.604. The Morgan fingerprint density at radius 2 is 1.85 bits per heavy atom. The minimum atomic E-state index is -0.163. The van der Waals surface area contributed by atoms with Crippen LogP contribution in [0.3, 0.4) is 0 Å². The fraction of sp³-hybridized carbons (Fsp3) is 0.105. The molecule has 0 fully saturated rings. The van der Waals surface area contributed by atoms with E-state index in [0.29, 0.717) is 11.1 Å². The Kier molecular flexibility index (Phi) is 5.66. The summed E-state index contributed by atoms with van der Waals surface area (Å²) in [6.45, 7) is 0. The van der Waals surface area contributed by atoms with Crippen molar-refractivity contribution in [3.8, 4) is 10.8 Å². The third-order valence-corrected chi connectivity index (χ3v) is 6.34. The molecule has 1 unspecified atom stereocenters. The molecule has 0 aliphatic heterocycles. The standard InChI is InChI=1S/C19H15N3O2S3/c23-16(12-27-19-22-21-18(24-19)15-9-5-11-26-15)20-17(14-8-4-10-25-14)13-6-2-1-3-7-13/h1-11,17H,12H2,(H,20,23). The van der Waals surface area contributed by atoms with E-state index in [1.54, 1.807) is 11.3 Å². The molecule has 0 saturated heterocycles. The van der Waals surface area contributed by atoms with Crippen molar-refractivity contribution in [1.82, 2.24) is 15.5 Å². The first-order valence-electron chi connectivity index (χ1n) is 8.17. The second-order valence-corrected chi connectivity index (χ2v) is 8.42. The molecule has 27 heavy (non-hydrogen) atoms. The number of amides is 1. The maximum atomic E-state index is 12.5. The summed E-state index contributed by atoms with van der Waals surface area (Å²) in [4.78, 5) is 14.5. The monoisotopic (exact) mass is 413 g/mol. The van der Waals surface area contributed by atoms with Crippen LogP contribution in [0.15, 0.2) is 75.0 Å². The van der Waals surface area contributed by atoms with E-state index in [-0.39, 0.29) is 17.7 Å². The number of rotatable bonds is 7. The van der Waals surface area contributed by atoms with Crippen molar-refractivity contribution in [2.45, 2.75) is 11.3 Å². The smallest absolute Gasteiger partial charge is 0.277 e. The number of hydrogen-bond donors (Lipinski definition) is 1. The number of thioether (sulfide) groups is 1. The Morgan fingerprint density at radius 3 is 2.59 bits per heavy atom. The highest BCUT2D eigenvalue weighted by Crippen LogP contribution is 2.28. The molecule has 0 bridgehead atoms. The van der Waals surface area contributed by atoms with Gasteiger partial charge in [0.05, 0.1) is 16.7 Å². The lowest BCUT2D eigenvalue weighted by Crippen LogP contribution is -2.30. The van der Waals surface area contributed by atoms with Crippen molar-refractivity contribution in [1.29, 1.82) is 0 Å². The van der Waals surface area contributed by atoms with E-state index in [9.17, 15) is 4.79 Å². The van der Waals surface area contributed by atoms with Crippen LogP contribution in [0.5, 0.6) is 0 Å². The summed E-state index contributed by atoms with van der Waals surface area (Å²) in [5.41, 5.74) is 1.05. The summed E-state index contributed by atoms with van der Waals surface area (Å²) < 4.78 is 5.61. The summed E-state index contributed by atoms with van der Waals surface area (Å²) in [6, 6.07) is 17.7. The van der Waals surface area contributed by atoms with E-state index in [0.717, 1.165) is 15.3 Å². The van der Waals surface area contributed by atoms with Gasteiger partial charge < -0.3 is 9.73 Å². The molecule has 0 radical (unpaired) electrons. The van der Waals surface area contributed by atoms with Gasteiger partial charge in [0, 0.05) is 4.88 Å². The van der Waals surface area contributed by atoms with E-state index in [2.05, 4.69) is 15.5 Å². The summed E-state index contributed by atoms with van der Waals surface area (Å²) >= 11 is 4.39. The van der Waals surface area contributed by atoms with Gasteiger partial charge in [-0.05, 0) is 28.5 Å². The molecule has 4 rings (SSSR count). The highest BCUT2D eigenvalue weighted by Gasteiger charge is 2.19.